The summed E-state index contributed by atoms with van der Waals surface area (Å²) in [5, 5.41) is 4.73. The van der Waals surface area contributed by atoms with Crippen LogP contribution >= 0.6 is 27.7 Å². The number of thioether (sulfide) groups is 1. The maximum absolute atomic E-state index is 4.80. The van der Waals surface area contributed by atoms with Gasteiger partial charge in [0.25, 0.3) is 0 Å². The number of halogens is 1. The van der Waals surface area contributed by atoms with Crippen LogP contribution in [0.2, 0.25) is 0 Å². The van der Waals surface area contributed by atoms with Crippen LogP contribution in [0.25, 0.3) is 0 Å². The standard InChI is InChI=1S/C14H17BrN2S/c15-11-7-5-10(6-8-11)9-18-14-16-12-3-1-2-4-13(12)17-14/h5-8,12-13H,1-4,9H2,(H,16,17)/t12-,13-/m0/s1. The average molecular weight is 325 g/mol. The summed E-state index contributed by atoms with van der Waals surface area (Å²) in [7, 11) is 0. The van der Waals surface area contributed by atoms with E-state index in [0.29, 0.717) is 12.1 Å². The average Bonchev–Trinajstić information content (AvgIpc) is 2.81. The molecule has 1 N–H and O–H groups in total. The first-order valence-corrected chi connectivity index (χ1v) is 8.31. The van der Waals surface area contributed by atoms with Crippen LogP contribution in [0.5, 0.6) is 0 Å². The first-order valence-electron chi connectivity index (χ1n) is 6.53. The molecular formula is C14H17BrN2S. The Kier molecular flexibility index (Phi) is 3.94. The van der Waals surface area contributed by atoms with E-state index in [-0.39, 0.29) is 0 Å². The molecule has 2 aliphatic rings. The van der Waals surface area contributed by atoms with Gasteiger partial charge in [0.15, 0.2) is 5.17 Å². The van der Waals surface area contributed by atoms with Crippen LogP contribution in [-0.2, 0) is 5.75 Å². The van der Waals surface area contributed by atoms with Crippen molar-refractivity contribution in [1.29, 1.82) is 0 Å². The number of nitrogens with zero attached hydrogens (tertiary/aromatic N) is 1. The Balaban J connectivity index is 1.56. The van der Waals surface area contributed by atoms with Gasteiger partial charge in [0.1, 0.15) is 0 Å². The Hall–Kier alpha value is -0.480. The van der Waals surface area contributed by atoms with E-state index in [4.69, 9.17) is 4.99 Å². The van der Waals surface area contributed by atoms with Gasteiger partial charge in [-0.1, -0.05) is 52.7 Å². The van der Waals surface area contributed by atoms with Gasteiger partial charge in [-0.15, -0.1) is 0 Å². The van der Waals surface area contributed by atoms with Gasteiger partial charge in [-0.3, -0.25) is 4.99 Å². The highest BCUT2D eigenvalue weighted by molar-refractivity contribution is 9.10. The molecule has 0 bridgehead atoms. The van der Waals surface area contributed by atoms with Gasteiger partial charge < -0.3 is 5.32 Å². The van der Waals surface area contributed by atoms with Crippen molar-refractivity contribution in [3.63, 3.8) is 0 Å². The van der Waals surface area contributed by atoms with E-state index in [0.717, 1.165) is 15.4 Å². The third kappa shape index (κ3) is 2.91. The lowest BCUT2D eigenvalue weighted by Gasteiger charge is -2.23. The zero-order valence-electron chi connectivity index (χ0n) is 10.2. The van der Waals surface area contributed by atoms with Gasteiger partial charge in [0.2, 0.25) is 0 Å². The van der Waals surface area contributed by atoms with E-state index in [1.165, 1.54) is 31.2 Å². The molecule has 0 spiro atoms. The molecule has 18 heavy (non-hydrogen) atoms. The second-order valence-electron chi connectivity index (χ2n) is 4.95. The SMILES string of the molecule is Brc1ccc(CSC2=N[C@H]3CCCC[C@@H]3N2)cc1. The van der Waals surface area contributed by atoms with Crippen LogP contribution < -0.4 is 5.32 Å². The largest absolute Gasteiger partial charge is 0.360 e. The molecule has 1 aromatic carbocycles. The maximum atomic E-state index is 4.80. The van der Waals surface area contributed by atoms with Crippen molar-refractivity contribution in [3.8, 4) is 0 Å². The molecule has 4 heteroatoms. The number of benzene rings is 1. The van der Waals surface area contributed by atoms with E-state index in [9.17, 15) is 0 Å². The van der Waals surface area contributed by atoms with E-state index in [2.05, 4.69) is 45.5 Å². The molecule has 1 aliphatic heterocycles. The molecule has 3 rings (SSSR count). The van der Waals surface area contributed by atoms with Crippen molar-refractivity contribution >= 4 is 32.9 Å². The van der Waals surface area contributed by atoms with Crippen molar-refractivity contribution in [1.82, 2.24) is 5.32 Å². The molecule has 1 aromatic rings. The summed E-state index contributed by atoms with van der Waals surface area (Å²) in [5.41, 5.74) is 1.35. The molecular weight excluding hydrogens is 308 g/mol. The molecule has 1 aliphatic carbocycles. The van der Waals surface area contributed by atoms with Gasteiger partial charge in [-0.25, -0.2) is 0 Å². The lowest BCUT2D eigenvalue weighted by Crippen LogP contribution is -2.36. The normalized spacial score (nSPS) is 26.4. The minimum Gasteiger partial charge on any atom is -0.360 e. The Bertz CT molecular complexity index is 444. The molecule has 1 heterocycles. The molecule has 0 saturated heterocycles. The first-order chi connectivity index (χ1) is 8.81. The van der Waals surface area contributed by atoms with Crippen LogP contribution in [-0.4, -0.2) is 17.3 Å². The Morgan fingerprint density at radius 3 is 2.78 bits per heavy atom. The van der Waals surface area contributed by atoms with Crippen LogP contribution in [0.4, 0.5) is 0 Å². The Morgan fingerprint density at radius 2 is 2.00 bits per heavy atom. The molecule has 2 nitrogen and oxygen atoms in total. The monoisotopic (exact) mass is 324 g/mol. The van der Waals surface area contributed by atoms with E-state index >= 15 is 0 Å². The topological polar surface area (TPSA) is 24.4 Å². The van der Waals surface area contributed by atoms with Crippen molar-refractivity contribution in [2.75, 3.05) is 0 Å². The number of fused-ring (bicyclic) bond motifs is 1. The molecule has 0 aromatic heterocycles. The molecule has 0 amide bonds. The highest BCUT2D eigenvalue weighted by atomic mass is 79.9. The molecule has 0 radical (unpaired) electrons. The van der Waals surface area contributed by atoms with Crippen LogP contribution in [0.3, 0.4) is 0 Å². The lowest BCUT2D eigenvalue weighted by atomic mass is 9.92. The van der Waals surface area contributed by atoms with Gasteiger partial charge in [-0.05, 0) is 30.5 Å². The summed E-state index contributed by atoms with van der Waals surface area (Å²) in [6.07, 6.45) is 5.25. The third-order valence-electron chi connectivity index (χ3n) is 3.61. The fraction of sp³-hybridized carbons (Fsp3) is 0.500. The Labute approximate surface area is 121 Å². The summed E-state index contributed by atoms with van der Waals surface area (Å²) < 4.78 is 1.14. The zero-order valence-corrected chi connectivity index (χ0v) is 12.6. The zero-order chi connectivity index (χ0) is 12.4. The number of amidine groups is 1. The van der Waals surface area contributed by atoms with Crippen LogP contribution in [0.15, 0.2) is 33.7 Å². The van der Waals surface area contributed by atoms with Crippen LogP contribution in [0, 0.1) is 0 Å². The fourth-order valence-electron chi connectivity index (χ4n) is 2.59. The van der Waals surface area contributed by atoms with Crippen molar-refractivity contribution in [2.45, 2.75) is 43.5 Å². The predicted molar refractivity (Wildman–Crippen MR) is 82.1 cm³/mol. The second kappa shape index (κ2) is 5.66. The van der Waals surface area contributed by atoms with Crippen molar-refractivity contribution in [2.24, 2.45) is 4.99 Å². The molecule has 0 unspecified atom stereocenters. The minimum absolute atomic E-state index is 0.547. The van der Waals surface area contributed by atoms with E-state index < -0.39 is 0 Å². The highest BCUT2D eigenvalue weighted by Crippen LogP contribution is 2.28. The molecule has 2 atom stereocenters. The fourth-order valence-corrected chi connectivity index (χ4v) is 3.80. The third-order valence-corrected chi connectivity index (χ3v) is 5.11. The molecule has 1 fully saturated rings. The van der Waals surface area contributed by atoms with Gasteiger partial charge in [0.05, 0.1) is 12.1 Å². The quantitative estimate of drug-likeness (QED) is 0.890. The first kappa shape index (κ1) is 12.5. The van der Waals surface area contributed by atoms with Gasteiger partial charge >= 0.3 is 0 Å². The van der Waals surface area contributed by atoms with E-state index in [1.54, 1.807) is 0 Å². The number of aliphatic imine (C=N–C) groups is 1. The summed E-state index contributed by atoms with van der Waals surface area (Å²) in [6, 6.07) is 9.69. The minimum atomic E-state index is 0.547. The van der Waals surface area contributed by atoms with Crippen LogP contribution in [0.1, 0.15) is 31.2 Å². The van der Waals surface area contributed by atoms with Gasteiger partial charge in [-0.2, -0.15) is 0 Å². The van der Waals surface area contributed by atoms with Gasteiger partial charge in [0, 0.05) is 10.2 Å². The second-order valence-corrected chi connectivity index (χ2v) is 6.83. The number of nitrogens with one attached hydrogen (secondary N) is 1. The summed E-state index contributed by atoms with van der Waals surface area (Å²) >= 11 is 5.29. The van der Waals surface area contributed by atoms with Crippen molar-refractivity contribution in [3.05, 3.63) is 34.3 Å². The predicted octanol–water partition coefficient (Wildman–Crippen LogP) is 3.95. The Morgan fingerprint density at radius 1 is 1.22 bits per heavy atom. The number of hydrogen-bond acceptors (Lipinski definition) is 3. The highest BCUT2D eigenvalue weighted by Gasteiger charge is 2.30. The molecule has 96 valence electrons. The van der Waals surface area contributed by atoms with E-state index in [1.807, 2.05) is 11.8 Å². The summed E-state index contributed by atoms with van der Waals surface area (Å²) in [5.74, 6) is 0.999. The lowest BCUT2D eigenvalue weighted by molar-refractivity contribution is 0.385. The smallest absolute Gasteiger partial charge is 0.157 e. The maximum Gasteiger partial charge on any atom is 0.157 e. The van der Waals surface area contributed by atoms with Crippen molar-refractivity contribution < 1.29 is 0 Å². The molecule has 1 saturated carbocycles. The summed E-state index contributed by atoms with van der Waals surface area (Å²) in [4.78, 5) is 4.80. The number of rotatable bonds is 2. The number of hydrogen-bond donors (Lipinski definition) is 1. The summed E-state index contributed by atoms with van der Waals surface area (Å²) in [6.45, 7) is 0.